The lowest BCUT2D eigenvalue weighted by Gasteiger charge is -2.19. The molecule has 0 saturated carbocycles. The highest BCUT2D eigenvalue weighted by atomic mass is 35.5. The van der Waals surface area contributed by atoms with Crippen molar-refractivity contribution in [2.45, 2.75) is 0 Å². The maximum absolute atomic E-state index is 12.6. The SMILES string of the molecule is CN(C)CCN(C)C(=O)c1ccc(-c2cnc3c(-c4ccccn4)c(N)nn3c2)nc1.Nc1nn2cc(-c3ccc(Cl)cn3)cnc2c1-c1ccccn1.Nc1nn2cc(-c3cnc4ccccc4n3)cnc2c1-c1ccccn1. The fraction of sp³-hybridized carbons (Fsp3) is 0.0877. The predicted octanol–water partition coefficient (Wildman–Crippen LogP) is 8.14. The first-order valence-electron chi connectivity index (χ1n) is 24.8. The summed E-state index contributed by atoms with van der Waals surface area (Å²) in [7, 11) is 5.75. The summed E-state index contributed by atoms with van der Waals surface area (Å²) in [5, 5.41) is 13.7. The number of nitrogens with two attached hydrogens (primary N) is 3. The molecule has 0 atom stereocenters. The van der Waals surface area contributed by atoms with E-state index in [0.717, 1.165) is 73.9 Å². The first-order valence-corrected chi connectivity index (χ1v) is 25.2. The molecule has 0 bridgehead atoms. The molecule has 1 aromatic carbocycles. The van der Waals surface area contributed by atoms with E-state index in [1.165, 1.54) is 0 Å². The Bertz CT molecular complexity index is 4310. The average molecular weight is 1080 g/mol. The molecule has 0 unspecified atom stereocenters. The molecule has 6 N–H and O–H groups in total. The van der Waals surface area contributed by atoms with Crippen LogP contribution in [0.2, 0.25) is 5.02 Å². The average Bonchev–Trinajstić information content (AvgIpc) is 4.36. The predicted molar refractivity (Wildman–Crippen MR) is 307 cm³/mol. The smallest absolute Gasteiger partial charge is 0.255 e. The molecule has 23 heteroatoms. The minimum Gasteiger partial charge on any atom is -0.382 e. The zero-order chi connectivity index (χ0) is 55.3. The number of pyridine rings is 5. The number of halogens is 1. The summed E-state index contributed by atoms with van der Waals surface area (Å²) in [5.74, 6) is 1.07. The van der Waals surface area contributed by atoms with E-state index < -0.39 is 0 Å². The van der Waals surface area contributed by atoms with Crippen molar-refractivity contribution >= 4 is 62.9 Å². The Morgan fingerprint density at radius 1 is 0.450 bits per heavy atom. The van der Waals surface area contributed by atoms with Crippen LogP contribution < -0.4 is 17.2 Å². The van der Waals surface area contributed by atoms with Gasteiger partial charge in [0.2, 0.25) is 0 Å². The molecule has 12 aromatic heterocycles. The van der Waals surface area contributed by atoms with Crippen LogP contribution in [0, 0.1) is 0 Å². The quantitative estimate of drug-likeness (QED) is 0.116. The van der Waals surface area contributed by atoms with Crippen molar-refractivity contribution in [1.29, 1.82) is 0 Å². The second-order valence-electron chi connectivity index (χ2n) is 18.3. The Hall–Kier alpha value is -10.7. The Morgan fingerprint density at radius 2 is 0.900 bits per heavy atom. The first kappa shape index (κ1) is 51.4. The molecule has 0 aliphatic carbocycles. The number of nitrogen functional groups attached to an aromatic ring is 3. The van der Waals surface area contributed by atoms with Crippen LogP contribution in [0.15, 0.2) is 177 Å². The number of benzene rings is 1. The van der Waals surface area contributed by atoms with Gasteiger partial charge in [-0.15, -0.1) is 15.3 Å². The third-order valence-electron chi connectivity index (χ3n) is 12.6. The Kier molecular flexibility index (Phi) is 14.4. The van der Waals surface area contributed by atoms with Crippen LogP contribution in [0.1, 0.15) is 10.4 Å². The second kappa shape index (κ2) is 22.5. The van der Waals surface area contributed by atoms with Crippen LogP contribution in [-0.4, -0.2) is 129 Å². The standard InChI is InChI=1S/C22H24N8O.C19H13N7.C16H11ClN6/c1-28(2)10-11-29(3)22(31)15-7-8-17(25-12-15)16-13-26-21-19(18-6-4-5-9-24-18)20(23)27-30(21)14-16;20-18-17(15-7-3-4-8-21-15)19-23-9-12(11-26(19)25-18)16-10-22-13-5-1-2-6-14(13)24-16;17-11-4-5-12(20-8-11)10-7-21-16-14(13-3-1-2-6-19-13)15(18)22-23(16)9-10/h4-9,12-14H,10-11H2,1-3H3,(H2,23,27);1-11H,(H2,20,25);1-9H,(H2,18,22). The van der Waals surface area contributed by atoms with Gasteiger partial charge in [-0.2, -0.15) is 0 Å². The maximum Gasteiger partial charge on any atom is 0.255 e. The van der Waals surface area contributed by atoms with Gasteiger partial charge in [0.05, 0.1) is 78.7 Å². The lowest BCUT2D eigenvalue weighted by molar-refractivity contribution is 0.0786. The number of hydrogen-bond donors (Lipinski definition) is 3. The second-order valence-corrected chi connectivity index (χ2v) is 18.8. The van der Waals surface area contributed by atoms with Gasteiger partial charge in [-0.1, -0.05) is 41.9 Å². The van der Waals surface area contributed by atoms with Crippen molar-refractivity contribution in [2.75, 3.05) is 51.4 Å². The third-order valence-corrected chi connectivity index (χ3v) is 12.8. The van der Waals surface area contributed by atoms with E-state index in [0.29, 0.717) is 62.8 Å². The number of amides is 1. The van der Waals surface area contributed by atoms with Gasteiger partial charge in [-0.25, -0.2) is 33.5 Å². The minimum absolute atomic E-state index is 0.0608. The van der Waals surface area contributed by atoms with Crippen molar-refractivity contribution < 1.29 is 4.79 Å². The Balaban J connectivity index is 0.000000128. The molecule has 13 aromatic rings. The molecule has 0 fully saturated rings. The summed E-state index contributed by atoms with van der Waals surface area (Å²) in [5.41, 5.74) is 31.4. The summed E-state index contributed by atoms with van der Waals surface area (Å²) >= 11 is 5.87. The summed E-state index contributed by atoms with van der Waals surface area (Å²) in [6, 6.07) is 31.8. The van der Waals surface area contributed by atoms with Crippen LogP contribution in [0.5, 0.6) is 0 Å². The minimum atomic E-state index is -0.0608. The van der Waals surface area contributed by atoms with Gasteiger partial charge in [0.25, 0.3) is 5.91 Å². The van der Waals surface area contributed by atoms with Gasteiger partial charge in [-0.3, -0.25) is 34.7 Å². The monoisotopic (exact) mass is 1080 g/mol. The first-order chi connectivity index (χ1) is 38.9. The Labute approximate surface area is 461 Å². The lowest BCUT2D eigenvalue weighted by atomic mass is 10.1. The summed E-state index contributed by atoms with van der Waals surface area (Å²) in [4.78, 5) is 60.8. The van der Waals surface area contributed by atoms with Crippen LogP contribution in [0.25, 0.3) is 95.5 Å². The van der Waals surface area contributed by atoms with Crippen molar-refractivity contribution in [3.63, 3.8) is 0 Å². The van der Waals surface area contributed by atoms with Crippen LogP contribution in [-0.2, 0) is 0 Å². The van der Waals surface area contributed by atoms with Gasteiger partial charge in [0.1, 0.15) is 0 Å². The number of rotatable bonds is 10. The number of likely N-dealkylation sites (N-methyl/N-ethyl adjacent to an activating group) is 2. The molecule has 80 heavy (non-hydrogen) atoms. The van der Waals surface area contributed by atoms with E-state index in [9.17, 15) is 4.79 Å². The molecule has 0 aliphatic rings. The normalized spacial score (nSPS) is 11.2. The molecule has 0 spiro atoms. The van der Waals surface area contributed by atoms with Crippen molar-refractivity contribution in [2.24, 2.45) is 0 Å². The zero-order valence-electron chi connectivity index (χ0n) is 43.2. The number of anilines is 3. The largest absolute Gasteiger partial charge is 0.382 e. The van der Waals surface area contributed by atoms with Crippen molar-refractivity contribution in [1.82, 2.24) is 88.5 Å². The number of carbonyl (C=O) groups excluding carboxylic acids is 1. The highest BCUT2D eigenvalue weighted by Crippen LogP contribution is 2.32. The van der Waals surface area contributed by atoms with E-state index >= 15 is 0 Å². The molecule has 394 valence electrons. The van der Waals surface area contributed by atoms with Gasteiger partial charge >= 0.3 is 0 Å². The highest BCUT2D eigenvalue weighted by Gasteiger charge is 2.20. The number of fused-ring (bicyclic) bond motifs is 4. The zero-order valence-corrected chi connectivity index (χ0v) is 44.0. The molecular formula is C57H48ClN21O. The molecule has 13 rings (SSSR count). The Morgan fingerprint density at radius 3 is 1.32 bits per heavy atom. The molecule has 1 amide bonds. The molecule has 0 saturated heterocycles. The maximum atomic E-state index is 12.6. The van der Waals surface area contributed by atoms with E-state index in [-0.39, 0.29) is 5.91 Å². The lowest BCUT2D eigenvalue weighted by Crippen LogP contribution is -2.33. The molecule has 22 nitrogen and oxygen atoms in total. The number of hydrogen-bond acceptors (Lipinski definition) is 18. The molecular weight excluding hydrogens is 1030 g/mol. The van der Waals surface area contributed by atoms with Crippen molar-refractivity contribution in [3.8, 4) is 67.5 Å². The topological polar surface area (TPSA) is 282 Å². The molecule has 12 heterocycles. The fourth-order valence-corrected chi connectivity index (χ4v) is 8.64. The van der Waals surface area contributed by atoms with Crippen LogP contribution in [0.3, 0.4) is 0 Å². The van der Waals surface area contributed by atoms with E-state index in [1.807, 2.05) is 129 Å². The number of carbonyl (C=O) groups is 1. The highest BCUT2D eigenvalue weighted by molar-refractivity contribution is 6.30. The van der Waals surface area contributed by atoms with Gasteiger partial charge in [-0.05, 0) is 86.9 Å². The summed E-state index contributed by atoms with van der Waals surface area (Å²) in [6.07, 6.45) is 20.8. The van der Waals surface area contributed by atoms with Gasteiger partial charge in [0.15, 0.2) is 34.4 Å². The number of para-hydroxylation sites is 2. The van der Waals surface area contributed by atoms with E-state index in [1.54, 1.807) is 93.4 Å². The summed E-state index contributed by atoms with van der Waals surface area (Å²) < 4.78 is 4.93. The van der Waals surface area contributed by atoms with E-state index in [2.05, 4.69) is 65.1 Å². The molecule has 0 radical (unpaired) electrons. The summed E-state index contributed by atoms with van der Waals surface area (Å²) in [6.45, 7) is 1.44. The van der Waals surface area contributed by atoms with Gasteiger partial charge in [0, 0.05) is 105 Å². The molecule has 0 aliphatic heterocycles. The van der Waals surface area contributed by atoms with Crippen molar-refractivity contribution in [3.05, 3.63) is 188 Å². The number of aromatic nitrogens is 16. The van der Waals surface area contributed by atoms with E-state index in [4.69, 9.17) is 28.8 Å². The van der Waals surface area contributed by atoms with Crippen LogP contribution >= 0.6 is 11.6 Å². The van der Waals surface area contributed by atoms with Crippen LogP contribution in [0.4, 0.5) is 17.5 Å². The van der Waals surface area contributed by atoms with Gasteiger partial charge < -0.3 is 27.0 Å². The fourth-order valence-electron chi connectivity index (χ4n) is 8.53. The number of nitrogens with zero attached hydrogens (tertiary/aromatic N) is 18. The third kappa shape index (κ3) is 10.8.